The molecule has 2 rings (SSSR count). The van der Waals surface area contributed by atoms with Crippen LogP contribution in [0.15, 0.2) is 15.7 Å². The summed E-state index contributed by atoms with van der Waals surface area (Å²) in [4.78, 5) is 25.5. The van der Waals surface area contributed by atoms with Crippen LogP contribution < -0.4 is 11.2 Å². The van der Waals surface area contributed by atoms with Gasteiger partial charge in [-0.3, -0.25) is 9.36 Å². The Hall–Kier alpha value is -1.36. The van der Waals surface area contributed by atoms with Crippen molar-refractivity contribution < 1.29 is 4.74 Å². The molecule has 5 heteroatoms. The molecule has 0 atom stereocenters. The Bertz CT molecular complexity index is 423. The minimum atomic E-state index is -0.344. The second kappa shape index (κ2) is 4.02. The van der Waals surface area contributed by atoms with Crippen LogP contribution in [-0.2, 0) is 11.8 Å². The predicted octanol–water partition coefficient (Wildman–Crippen LogP) is -0.0324. The Morgan fingerprint density at radius 1 is 1.40 bits per heavy atom. The fourth-order valence-corrected chi connectivity index (χ4v) is 1.80. The molecular weight excluding hydrogens is 196 g/mol. The lowest BCUT2D eigenvalue weighted by atomic mass is 9.96. The van der Waals surface area contributed by atoms with Gasteiger partial charge in [-0.2, -0.15) is 0 Å². The van der Waals surface area contributed by atoms with E-state index in [1.807, 2.05) is 0 Å². The molecule has 0 spiro atoms. The van der Waals surface area contributed by atoms with Crippen LogP contribution in [0.2, 0.25) is 0 Å². The Balaban J connectivity index is 2.36. The maximum Gasteiger partial charge on any atom is 0.328 e. The number of hydrogen-bond donors (Lipinski definition) is 1. The fourth-order valence-electron chi connectivity index (χ4n) is 1.80. The van der Waals surface area contributed by atoms with Gasteiger partial charge in [0.1, 0.15) is 0 Å². The summed E-state index contributed by atoms with van der Waals surface area (Å²) in [5, 5.41) is 0. The van der Waals surface area contributed by atoms with Crippen LogP contribution in [-0.4, -0.2) is 22.8 Å². The van der Waals surface area contributed by atoms with E-state index in [9.17, 15) is 9.59 Å². The lowest BCUT2D eigenvalue weighted by Gasteiger charge is -2.21. The highest BCUT2D eigenvalue weighted by Crippen LogP contribution is 2.23. The van der Waals surface area contributed by atoms with Gasteiger partial charge in [0.15, 0.2) is 0 Å². The normalized spacial score (nSPS) is 17.9. The predicted molar refractivity (Wildman–Crippen MR) is 55.1 cm³/mol. The number of hydrogen-bond acceptors (Lipinski definition) is 3. The molecule has 1 fully saturated rings. The summed E-state index contributed by atoms with van der Waals surface area (Å²) in [5.41, 5.74) is 0.149. The number of rotatable bonds is 1. The zero-order valence-corrected chi connectivity index (χ0v) is 8.66. The maximum absolute atomic E-state index is 11.4. The zero-order valence-electron chi connectivity index (χ0n) is 8.66. The van der Waals surface area contributed by atoms with E-state index in [1.165, 1.54) is 13.1 Å². The number of nitrogens with zero attached hydrogens (tertiary/aromatic N) is 1. The largest absolute Gasteiger partial charge is 0.381 e. The second-order valence-electron chi connectivity index (χ2n) is 3.81. The lowest BCUT2D eigenvalue weighted by molar-refractivity contribution is 0.0843. The van der Waals surface area contributed by atoms with Gasteiger partial charge in [0.2, 0.25) is 0 Å². The van der Waals surface area contributed by atoms with Gasteiger partial charge in [-0.05, 0) is 12.8 Å². The average molecular weight is 210 g/mol. The van der Waals surface area contributed by atoms with Crippen molar-refractivity contribution >= 4 is 0 Å². The summed E-state index contributed by atoms with van der Waals surface area (Å²) in [6.45, 7) is 1.39. The molecule has 1 N–H and O–H groups in total. The first-order chi connectivity index (χ1) is 7.18. The van der Waals surface area contributed by atoms with Gasteiger partial charge in [-0.1, -0.05) is 0 Å². The number of aromatic amines is 1. The van der Waals surface area contributed by atoms with E-state index >= 15 is 0 Å². The van der Waals surface area contributed by atoms with Gasteiger partial charge in [-0.25, -0.2) is 4.79 Å². The zero-order chi connectivity index (χ0) is 10.8. The molecule has 0 aliphatic carbocycles. The molecule has 0 aromatic carbocycles. The second-order valence-corrected chi connectivity index (χ2v) is 3.81. The number of aromatic nitrogens is 2. The molecule has 1 saturated heterocycles. The SMILES string of the molecule is Cn1c(=O)cc(C2CCOCC2)[nH]c1=O. The van der Waals surface area contributed by atoms with Crippen LogP contribution in [0.4, 0.5) is 0 Å². The molecule has 0 amide bonds. The van der Waals surface area contributed by atoms with Crippen molar-refractivity contribution in [1.29, 1.82) is 0 Å². The highest BCUT2D eigenvalue weighted by atomic mass is 16.5. The molecule has 1 aliphatic heterocycles. The quantitative estimate of drug-likeness (QED) is 0.707. The fraction of sp³-hybridized carbons (Fsp3) is 0.600. The molecule has 15 heavy (non-hydrogen) atoms. The Labute approximate surface area is 86.7 Å². The van der Waals surface area contributed by atoms with E-state index in [-0.39, 0.29) is 17.2 Å². The highest BCUT2D eigenvalue weighted by Gasteiger charge is 2.17. The number of nitrogens with one attached hydrogen (secondary N) is 1. The van der Waals surface area contributed by atoms with Gasteiger partial charge in [0, 0.05) is 37.9 Å². The van der Waals surface area contributed by atoms with Crippen LogP contribution in [0.1, 0.15) is 24.5 Å². The van der Waals surface area contributed by atoms with Crippen LogP contribution in [0.5, 0.6) is 0 Å². The third-order valence-corrected chi connectivity index (χ3v) is 2.83. The van der Waals surface area contributed by atoms with Gasteiger partial charge in [0.05, 0.1) is 0 Å². The highest BCUT2D eigenvalue weighted by molar-refractivity contribution is 5.07. The van der Waals surface area contributed by atoms with Crippen molar-refractivity contribution in [2.24, 2.45) is 7.05 Å². The molecule has 0 bridgehead atoms. The minimum absolute atomic E-state index is 0.250. The minimum Gasteiger partial charge on any atom is -0.381 e. The van der Waals surface area contributed by atoms with E-state index in [2.05, 4.69) is 4.98 Å². The Kier molecular flexibility index (Phi) is 2.73. The Morgan fingerprint density at radius 2 is 2.07 bits per heavy atom. The molecule has 0 saturated carbocycles. The molecule has 1 aliphatic rings. The van der Waals surface area contributed by atoms with Crippen molar-refractivity contribution in [2.45, 2.75) is 18.8 Å². The molecule has 1 aromatic rings. The van der Waals surface area contributed by atoms with Crippen molar-refractivity contribution in [1.82, 2.24) is 9.55 Å². The maximum atomic E-state index is 11.4. The van der Waals surface area contributed by atoms with E-state index in [4.69, 9.17) is 4.74 Å². The van der Waals surface area contributed by atoms with Crippen LogP contribution in [0.3, 0.4) is 0 Å². The molecule has 1 aromatic heterocycles. The molecule has 0 unspecified atom stereocenters. The van der Waals surface area contributed by atoms with E-state index < -0.39 is 0 Å². The number of H-pyrrole nitrogens is 1. The number of ether oxygens (including phenoxy) is 1. The van der Waals surface area contributed by atoms with Crippen LogP contribution in [0, 0.1) is 0 Å². The van der Waals surface area contributed by atoms with Crippen LogP contribution >= 0.6 is 0 Å². The summed E-state index contributed by atoms with van der Waals surface area (Å²) in [6, 6.07) is 1.51. The average Bonchev–Trinajstić information content (AvgIpc) is 2.26. The lowest BCUT2D eigenvalue weighted by Crippen LogP contribution is -2.34. The van der Waals surface area contributed by atoms with E-state index in [0.717, 1.165) is 23.1 Å². The standard InChI is InChI=1S/C10H14N2O3/c1-12-9(13)6-8(11-10(12)14)7-2-4-15-5-3-7/h6-7H,2-5H2,1H3,(H,11,14). The summed E-state index contributed by atoms with van der Waals surface area (Å²) in [6.07, 6.45) is 1.73. The van der Waals surface area contributed by atoms with Crippen LogP contribution in [0.25, 0.3) is 0 Å². The summed E-state index contributed by atoms with van der Waals surface area (Å²) < 4.78 is 6.30. The van der Waals surface area contributed by atoms with Crippen molar-refractivity contribution in [3.8, 4) is 0 Å². The summed E-state index contributed by atoms with van der Waals surface area (Å²) >= 11 is 0. The van der Waals surface area contributed by atoms with E-state index in [0.29, 0.717) is 13.2 Å². The van der Waals surface area contributed by atoms with Gasteiger partial charge >= 0.3 is 5.69 Å². The molecule has 82 valence electrons. The van der Waals surface area contributed by atoms with Gasteiger partial charge in [0.25, 0.3) is 5.56 Å². The molecule has 2 heterocycles. The monoisotopic (exact) mass is 210 g/mol. The summed E-state index contributed by atoms with van der Waals surface area (Å²) in [5.74, 6) is 0.250. The Morgan fingerprint density at radius 3 is 2.67 bits per heavy atom. The van der Waals surface area contributed by atoms with E-state index in [1.54, 1.807) is 0 Å². The first kappa shape index (κ1) is 10.2. The van der Waals surface area contributed by atoms with Crippen molar-refractivity contribution in [2.75, 3.05) is 13.2 Å². The smallest absolute Gasteiger partial charge is 0.328 e. The first-order valence-electron chi connectivity index (χ1n) is 5.06. The molecule has 5 nitrogen and oxygen atoms in total. The van der Waals surface area contributed by atoms with Crippen molar-refractivity contribution in [3.63, 3.8) is 0 Å². The third-order valence-electron chi connectivity index (χ3n) is 2.83. The topological polar surface area (TPSA) is 64.1 Å². The van der Waals surface area contributed by atoms with Gasteiger partial charge in [-0.15, -0.1) is 0 Å². The first-order valence-corrected chi connectivity index (χ1v) is 5.06. The summed E-state index contributed by atoms with van der Waals surface area (Å²) in [7, 11) is 1.47. The third kappa shape index (κ3) is 2.02. The van der Waals surface area contributed by atoms with Gasteiger partial charge < -0.3 is 9.72 Å². The van der Waals surface area contributed by atoms with Crippen molar-refractivity contribution in [3.05, 3.63) is 32.6 Å². The molecular formula is C10H14N2O3. The molecule has 0 radical (unpaired) electrons.